The minimum atomic E-state index is -4.18. The normalized spacial score (nSPS) is 12.9. The average molecular weight is 298 g/mol. The van der Waals surface area contributed by atoms with Gasteiger partial charge in [-0.3, -0.25) is 0 Å². The fourth-order valence-electron chi connectivity index (χ4n) is 2.46. The van der Waals surface area contributed by atoms with E-state index in [9.17, 15) is 17.6 Å². The number of halogens is 4. The highest BCUT2D eigenvalue weighted by Crippen LogP contribution is 2.45. The highest BCUT2D eigenvalue weighted by Gasteiger charge is 2.54. The number of aryl methyl sites for hydroxylation is 1. The Bertz CT molecular complexity index is 626. The topological polar surface area (TPSA) is 0 Å². The zero-order chi connectivity index (χ0) is 15.7. The molecular formula is C17H18F4. The molecule has 0 amide bonds. The van der Waals surface area contributed by atoms with Crippen LogP contribution in [0, 0.1) is 0 Å². The van der Waals surface area contributed by atoms with Crippen LogP contribution < -0.4 is 0 Å². The Hall–Kier alpha value is -1.58. The molecule has 0 aliphatic rings. The van der Waals surface area contributed by atoms with Crippen LogP contribution in [0.1, 0.15) is 37.8 Å². The zero-order valence-electron chi connectivity index (χ0n) is 12.1. The van der Waals surface area contributed by atoms with E-state index in [4.69, 9.17) is 0 Å². The van der Waals surface area contributed by atoms with Crippen molar-refractivity contribution in [1.82, 2.24) is 0 Å². The second-order valence-corrected chi connectivity index (χ2v) is 5.38. The van der Waals surface area contributed by atoms with Crippen molar-refractivity contribution in [2.24, 2.45) is 0 Å². The van der Waals surface area contributed by atoms with Crippen molar-refractivity contribution >= 4 is 10.8 Å². The molecule has 2 aromatic rings. The van der Waals surface area contributed by atoms with E-state index >= 15 is 0 Å². The Morgan fingerprint density at radius 1 is 0.905 bits per heavy atom. The first-order valence-corrected chi connectivity index (χ1v) is 7.05. The van der Waals surface area contributed by atoms with Crippen molar-refractivity contribution < 1.29 is 17.6 Å². The van der Waals surface area contributed by atoms with Gasteiger partial charge in [-0.05, 0) is 29.2 Å². The third-order valence-electron chi connectivity index (χ3n) is 3.70. The molecule has 0 atom stereocenters. The molecule has 0 saturated carbocycles. The van der Waals surface area contributed by atoms with E-state index < -0.39 is 17.4 Å². The van der Waals surface area contributed by atoms with Gasteiger partial charge in [-0.25, -0.2) is 0 Å². The molecule has 0 radical (unpaired) electrons. The van der Waals surface area contributed by atoms with Gasteiger partial charge in [0.1, 0.15) is 0 Å². The number of rotatable bonds is 5. The van der Waals surface area contributed by atoms with Gasteiger partial charge in [0.15, 0.2) is 0 Å². The first kappa shape index (κ1) is 15.8. The molecule has 0 nitrogen and oxygen atoms in total. The van der Waals surface area contributed by atoms with Gasteiger partial charge in [0.2, 0.25) is 0 Å². The van der Waals surface area contributed by atoms with Gasteiger partial charge in [-0.1, -0.05) is 49.7 Å². The minimum Gasteiger partial charge on any atom is -0.200 e. The third-order valence-corrected chi connectivity index (χ3v) is 3.70. The molecule has 0 bridgehead atoms. The molecule has 4 heteroatoms. The average Bonchev–Trinajstić information content (AvgIpc) is 2.43. The summed E-state index contributed by atoms with van der Waals surface area (Å²) in [5, 5.41) is 0.838. The molecule has 0 aliphatic carbocycles. The summed E-state index contributed by atoms with van der Waals surface area (Å²) in [6, 6.07) is 9.23. The lowest BCUT2D eigenvalue weighted by Gasteiger charge is -2.25. The molecule has 0 fully saturated rings. The van der Waals surface area contributed by atoms with E-state index in [0.717, 1.165) is 30.9 Å². The van der Waals surface area contributed by atoms with Gasteiger partial charge >= 0.3 is 11.8 Å². The summed E-state index contributed by atoms with van der Waals surface area (Å²) in [5.41, 5.74) is 0.317. The van der Waals surface area contributed by atoms with Crippen LogP contribution in [-0.4, -0.2) is 5.92 Å². The maximum Gasteiger partial charge on any atom is 0.335 e. The smallest absolute Gasteiger partial charge is 0.200 e. The Morgan fingerprint density at radius 3 is 2.10 bits per heavy atom. The minimum absolute atomic E-state index is 0.206. The SMILES string of the molecule is CCCCc1ccc(C(F)(F)C(C)(F)F)c2ccccc12. The summed E-state index contributed by atoms with van der Waals surface area (Å²) >= 11 is 0. The van der Waals surface area contributed by atoms with Crippen molar-refractivity contribution in [3.05, 3.63) is 47.5 Å². The first-order valence-electron chi connectivity index (χ1n) is 7.05. The summed E-state index contributed by atoms with van der Waals surface area (Å²) in [6.07, 6.45) is 2.67. The van der Waals surface area contributed by atoms with E-state index in [-0.39, 0.29) is 12.3 Å². The molecule has 0 unspecified atom stereocenters. The Balaban J connectivity index is 2.63. The second-order valence-electron chi connectivity index (χ2n) is 5.38. The highest BCUT2D eigenvalue weighted by atomic mass is 19.3. The fraction of sp³-hybridized carbons (Fsp3) is 0.412. The third kappa shape index (κ3) is 2.89. The first-order chi connectivity index (χ1) is 9.79. The van der Waals surface area contributed by atoms with Crippen LogP contribution in [0.2, 0.25) is 0 Å². The largest absolute Gasteiger partial charge is 0.335 e. The highest BCUT2D eigenvalue weighted by molar-refractivity contribution is 5.89. The van der Waals surface area contributed by atoms with Gasteiger partial charge in [0.05, 0.1) is 0 Å². The molecule has 0 spiro atoms. The summed E-state index contributed by atoms with van der Waals surface area (Å²) < 4.78 is 54.6. The van der Waals surface area contributed by atoms with Crippen LogP contribution >= 0.6 is 0 Å². The number of alkyl halides is 4. The Labute approximate surface area is 121 Å². The predicted molar refractivity (Wildman–Crippen MR) is 77.1 cm³/mol. The molecule has 2 aromatic carbocycles. The van der Waals surface area contributed by atoms with E-state index in [2.05, 4.69) is 0 Å². The standard InChI is InChI=1S/C17H18F4/c1-3-4-7-12-10-11-15(17(20,21)16(2,18)19)14-9-6-5-8-13(12)14/h5-6,8-11H,3-4,7H2,1-2H3. The molecule has 0 N–H and O–H groups in total. The summed E-state index contributed by atoms with van der Waals surface area (Å²) in [6.45, 7) is 2.30. The number of hydrogen-bond donors (Lipinski definition) is 0. The van der Waals surface area contributed by atoms with Crippen LogP contribution in [0.5, 0.6) is 0 Å². The Kier molecular flexibility index (Phi) is 4.26. The molecule has 2 rings (SSSR count). The van der Waals surface area contributed by atoms with Crippen molar-refractivity contribution in [3.63, 3.8) is 0 Å². The van der Waals surface area contributed by atoms with Gasteiger partial charge in [-0.15, -0.1) is 0 Å². The van der Waals surface area contributed by atoms with Crippen molar-refractivity contribution in [2.45, 2.75) is 45.0 Å². The van der Waals surface area contributed by atoms with Gasteiger partial charge in [0, 0.05) is 12.5 Å². The number of hydrogen-bond acceptors (Lipinski definition) is 0. The summed E-state index contributed by atoms with van der Waals surface area (Å²) in [5.74, 6) is -8.28. The van der Waals surface area contributed by atoms with Crippen LogP contribution in [0.15, 0.2) is 36.4 Å². The van der Waals surface area contributed by atoms with Crippen molar-refractivity contribution in [1.29, 1.82) is 0 Å². The lowest BCUT2D eigenvalue weighted by Crippen LogP contribution is -2.35. The maximum atomic E-state index is 14.0. The quantitative estimate of drug-likeness (QED) is 0.600. The Morgan fingerprint density at radius 2 is 1.52 bits per heavy atom. The fourth-order valence-corrected chi connectivity index (χ4v) is 2.46. The lowest BCUT2D eigenvalue weighted by molar-refractivity contribution is -0.204. The summed E-state index contributed by atoms with van der Waals surface area (Å²) in [7, 11) is 0. The lowest BCUT2D eigenvalue weighted by atomic mass is 9.92. The number of fused-ring (bicyclic) bond motifs is 1. The van der Waals surface area contributed by atoms with E-state index in [0.29, 0.717) is 5.39 Å². The molecular weight excluding hydrogens is 280 g/mol. The van der Waals surface area contributed by atoms with Gasteiger partial charge in [-0.2, -0.15) is 17.6 Å². The monoisotopic (exact) mass is 298 g/mol. The number of unbranched alkanes of at least 4 members (excludes halogenated alkanes) is 1. The van der Waals surface area contributed by atoms with Crippen LogP contribution in [-0.2, 0) is 12.3 Å². The van der Waals surface area contributed by atoms with Crippen molar-refractivity contribution in [3.8, 4) is 0 Å². The molecule has 114 valence electrons. The van der Waals surface area contributed by atoms with E-state index in [1.54, 1.807) is 24.3 Å². The molecule has 0 aromatic heterocycles. The second kappa shape index (κ2) is 5.66. The zero-order valence-corrected chi connectivity index (χ0v) is 12.1. The number of benzene rings is 2. The van der Waals surface area contributed by atoms with Crippen molar-refractivity contribution in [2.75, 3.05) is 0 Å². The van der Waals surface area contributed by atoms with E-state index in [1.165, 1.54) is 6.07 Å². The molecule has 0 aliphatic heterocycles. The van der Waals surface area contributed by atoms with E-state index in [1.807, 2.05) is 6.92 Å². The van der Waals surface area contributed by atoms with Crippen LogP contribution in [0.3, 0.4) is 0 Å². The summed E-state index contributed by atoms with van der Waals surface area (Å²) in [4.78, 5) is 0. The molecule has 0 saturated heterocycles. The maximum absolute atomic E-state index is 14.0. The van der Waals surface area contributed by atoms with Gasteiger partial charge in [0.25, 0.3) is 0 Å². The molecule has 21 heavy (non-hydrogen) atoms. The predicted octanol–water partition coefficient (Wildman–Crippen LogP) is 5.93. The van der Waals surface area contributed by atoms with Gasteiger partial charge < -0.3 is 0 Å². The van der Waals surface area contributed by atoms with Crippen LogP contribution in [0.4, 0.5) is 17.6 Å². The van der Waals surface area contributed by atoms with Crippen LogP contribution in [0.25, 0.3) is 10.8 Å². The molecule has 0 heterocycles.